The highest BCUT2D eigenvalue weighted by molar-refractivity contribution is 5.69. The van der Waals surface area contributed by atoms with Crippen LogP contribution in [0.15, 0.2) is 22.8 Å². The Bertz CT molecular complexity index is 255. The zero-order valence-electron chi connectivity index (χ0n) is 5.74. The van der Waals surface area contributed by atoms with Crippen LogP contribution >= 0.6 is 0 Å². The molecule has 1 N–H and O–H groups in total. The van der Waals surface area contributed by atoms with E-state index in [1.165, 1.54) is 0 Å². The Labute approximate surface area is 63.1 Å². The maximum absolute atomic E-state index is 10.6. The molecule has 4 heteroatoms. The average molecular weight is 153 g/mol. The Morgan fingerprint density at radius 2 is 2.55 bits per heavy atom. The number of nitrogens with one attached hydrogen (secondary N) is 1. The maximum Gasteiger partial charge on any atom is 0.407 e. The molecular weight excluding hydrogens is 146 g/mol. The highest BCUT2D eigenvalue weighted by atomic mass is 16.6. The molecule has 1 fully saturated rings. The van der Waals surface area contributed by atoms with E-state index >= 15 is 0 Å². The average Bonchev–Trinajstić information content (AvgIpc) is 2.55. The van der Waals surface area contributed by atoms with Gasteiger partial charge in [0.05, 0.1) is 6.26 Å². The second kappa shape index (κ2) is 2.30. The molecule has 2 rings (SSSR count). The third-order valence-electron chi connectivity index (χ3n) is 1.56. The molecule has 1 amide bonds. The van der Waals surface area contributed by atoms with E-state index in [4.69, 9.17) is 4.42 Å². The molecule has 0 saturated carbocycles. The van der Waals surface area contributed by atoms with Crippen LogP contribution in [-0.4, -0.2) is 12.7 Å². The molecule has 0 bridgehead atoms. The van der Waals surface area contributed by atoms with Crippen LogP contribution in [0.3, 0.4) is 0 Å². The molecule has 4 nitrogen and oxygen atoms in total. The number of hydrogen-bond donors (Lipinski definition) is 1. The van der Waals surface area contributed by atoms with Crippen molar-refractivity contribution in [1.29, 1.82) is 0 Å². The predicted octanol–water partition coefficient (Wildman–Crippen LogP) is 1.06. The molecule has 1 unspecified atom stereocenters. The maximum atomic E-state index is 10.6. The van der Waals surface area contributed by atoms with E-state index in [9.17, 15) is 4.79 Å². The summed E-state index contributed by atoms with van der Waals surface area (Å²) in [6.07, 6.45) is 1.19. The highest BCUT2D eigenvalue weighted by Crippen LogP contribution is 2.17. The summed E-state index contributed by atoms with van der Waals surface area (Å²) in [5.41, 5.74) is 0. The molecule has 11 heavy (non-hydrogen) atoms. The van der Waals surface area contributed by atoms with E-state index in [2.05, 4.69) is 10.1 Å². The number of hydrogen-bond acceptors (Lipinski definition) is 3. The number of carbonyl (C=O) groups excluding carboxylic acids is 1. The molecular formula is C7H7NO3. The summed E-state index contributed by atoms with van der Waals surface area (Å²) in [6, 6.07) is 3.47. The van der Waals surface area contributed by atoms with Crippen LogP contribution in [-0.2, 0) is 4.74 Å². The van der Waals surface area contributed by atoms with Crippen LogP contribution in [0.5, 0.6) is 0 Å². The lowest BCUT2D eigenvalue weighted by Crippen LogP contribution is -2.17. The lowest BCUT2D eigenvalue weighted by Gasteiger charge is -2.00. The van der Waals surface area contributed by atoms with Gasteiger partial charge in [0.2, 0.25) is 0 Å². The highest BCUT2D eigenvalue weighted by Gasteiger charge is 2.25. The van der Waals surface area contributed by atoms with E-state index in [0.29, 0.717) is 6.61 Å². The summed E-state index contributed by atoms with van der Waals surface area (Å²) in [5, 5.41) is 2.60. The van der Waals surface area contributed by atoms with E-state index < -0.39 is 0 Å². The SMILES string of the molecule is O=C1NC(c2ccco2)CO1. The van der Waals surface area contributed by atoms with Crippen molar-refractivity contribution >= 4 is 6.09 Å². The van der Waals surface area contributed by atoms with Crippen LogP contribution in [0.2, 0.25) is 0 Å². The number of amides is 1. The minimum atomic E-state index is -0.383. The Morgan fingerprint density at radius 1 is 1.64 bits per heavy atom. The quantitative estimate of drug-likeness (QED) is 0.656. The summed E-state index contributed by atoms with van der Waals surface area (Å²) in [6.45, 7) is 0.354. The molecule has 1 aromatic rings. The van der Waals surface area contributed by atoms with Gasteiger partial charge in [0, 0.05) is 0 Å². The van der Waals surface area contributed by atoms with Gasteiger partial charge in [-0.3, -0.25) is 0 Å². The third-order valence-corrected chi connectivity index (χ3v) is 1.56. The Balaban J connectivity index is 2.13. The summed E-state index contributed by atoms with van der Waals surface area (Å²) < 4.78 is 9.75. The summed E-state index contributed by atoms with van der Waals surface area (Å²) in [4.78, 5) is 10.6. The topological polar surface area (TPSA) is 51.5 Å². The minimum Gasteiger partial charge on any atom is -0.467 e. The first-order valence-corrected chi connectivity index (χ1v) is 3.33. The Kier molecular flexibility index (Phi) is 1.31. The molecule has 0 aliphatic carbocycles. The molecule has 1 aliphatic rings. The van der Waals surface area contributed by atoms with Gasteiger partial charge >= 0.3 is 6.09 Å². The van der Waals surface area contributed by atoms with Gasteiger partial charge < -0.3 is 14.5 Å². The summed E-state index contributed by atoms with van der Waals surface area (Å²) in [7, 11) is 0. The van der Waals surface area contributed by atoms with Gasteiger partial charge in [-0.2, -0.15) is 0 Å². The molecule has 0 spiro atoms. The fourth-order valence-electron chi connectivity index (χ4n) is 1.03. The van der Waals surface area contributed by atoms with E-state index in [-0.39, 0.29) is 12.1 Å². The van der Waals surface area contributed by atoms with Crippen LogP contribution in [0, 0.1) is 0 Å². The second-order valence-electron chi connectivity index (χ2n) is 2.31. The van der Waals surface area contributed by atoms with Crippen molar-refractivity contribution in [2.45, 2.75) is 6.04 Å². The largest absolute Gasteiger partial charge is 0.467 e. The lowest BCUT2D eigenvalue weighted by molar-refractivity contribution is 0.176. The van der Waals surface area contributed by atoms with E-state index in [1.807, 2.05) is 0 Å². The number of cyclic esters (lactones) is 1. The number of alkyl carbamates (subject to hydrolysis) is 1. The number of ether oxygens (including phenoxy) is 1. The van der Waals surface area contributed by atoms with Gasteiger partial charge in [-0.15, -0.1) is 0 Å². The number of furan rings is 1. The lowest BCUT2D eigenvalue weighted by atomic mass is 10.2. The van der Waals surface area contributed by atoms with Crippen molar-refractivity contribution in [3.05, 3.63) is 24.2 Å². The summed E-state index contributed by atoms with van der Waals surface area (Å²) in [5.74, 6) is 0.732. The summed E-state index contributed by atoms with van der Waals surface area (Å²) >= 11 is 0. The van der Waals surface area contributed by atoms with Gasteiger partial charge in [-0.25, -0.2) is 4.79 Å². The molecule has 58 valence electrons. The molecule has 2 heterocycles. The van der Waals surface area contributed by atoms with Crippen LogP contribution < -0.4 is 5.32 Å². The standard InChI is InChI=1S/C7H7NO3/c9-7-8-5(4-11-7)6-2-1-3-10-6/h1-3,5H,4H2,(H,8,9). The first kappa shape index (κ1) is 6.27. The number of carbonyl (C=O) groups is 1. The van der Waals surface area contributed by atoms with Crippen molar-refractivity contribution in [3.8, 4) is 0 Å². The first-order chi connectivity index (χ1) is 5.36. The zero-order chi connectivity index (χ0) is 7.68. The Hall–Kier alpha value is -1.45. The third kappa shape index (κ3) is 1.07. The van der Waals surface area contributed by atoms with Crippen LogP contribution in [0.1, 0.15) is 11.8 Å². The molecule has 0 radical (unpaired) electrons. The molecule has 1 aliphatic heterocycles. The Morgan fingerprint density at radius 3 is 3.09 bits per heavy atom. The van der Waals surface area contributed by atoms with Gasteiger partial charge in [-0.1, -0.05) is 0 Å². The fraction of sp³-hybridized carbons (Fsp3) is 0.286. The second-order valence-corrected chi connectivity index (χ2v) is 2.31. The van der Waals surface area contributed by atoms with Crippen LogP contribution in [0.4, 0.5) is 4.79 Å². The normalized spacial score (nSPS) is 22.9. The molecule has 0 aromatic carbocycles. The van der Waals surface area contributed by atoms with Crippen molar-refractivity contribution < 1.29 is 13.9 Å². The van der Waals surface area contributed by atoms with Gasteiger partial charge in [0.25, 0.3) is 0 Å². The van der Waals surface area contributed by atoms with Gasteiger partial charge in [-0.05, 0) is 12.1 Å². The first-order valence-electron chi connectivity index (χ1n) is 3.33. The smallest absolute Gasteiger partial charge is 0.407 e. The van der Waals surface area contributed by atoms with Crippen molar-refractivity contribution in [3.63, 3.8) is 0 Å². The van der Waals surface area contributed by atoms with Crippen molar-refractivity contribution in [1.82, 2.24) is 5.32 Å². The van der Waals surface area contributed by atoms with Gasteiger partial charge in [0.1, 0.15) is 18.4 Å². The van der Waals surface area contributed by atoms with E-state index in [0.717, 1.165) is 5.76 Å². The minimum absolute atomic E-state index is 0.113. The molecule has 1 atom stereocenters. The molecule has 1 aromatic heterocycles. The fourth-order valence-corrected chi connectivity index (χ4v) is 1.03. The van der Waals surface area contributed by atoms with Gasteiger partial charge in [0.15, 0.2) is 0 Å². The predicted molar refractivity (Wildman–Crippen MR) is 35.9 cm³/mol. The zero-order valence-corrected chi connectivity index (χ0v) is 5.74. The van der Waals surface area contributed by atoms with Crippen molar-refractivity contribution in [2.24, 2.45) is 0 Å². The van der Waals surface area contributed by atoms with Crippen LogP contribution in [0.25, 0.3) is 0 Å². The molecule has 1 saturated heterocycles. The van der Waals surface area contributed by atoms with E-state index in [1.54, 1.807) is 18.4 Å². The monoisotopic (exact) mass is 153 g/mol. The van der Waals surface area contributed by atoms with Crippen molar-refractivity contribution in [2.75, 3.05) is 6.61 Å². The number of rotatable bonds is 1.